The molecule has 1 fully saturated rings. The lowest BCUT2D eigenvalue weighted by atomic mass is 10.00. The molecule has 23 heavy (non-hydrogen) atoms. The molecule has 138 valence electrons. The highest BCUT2D eigenvalue weighted by molar-refractivity contribution is 4.80. The van der Waals surface area contributed by atoms with E-state index in [1.54, 1.807) is 0 Å². The molecule has 0 aliphatic carbocycles. The van der Waals surface area contributed by atoms with Crippen molar-refractivity contribution in [1.82, 2.24) is 15.1 Å². The maximum Gasteiger partial charge on any atom is 0.0119 e. The van der Waals surface area contributed by atoms with Crippen LogP contribution in [0.3, 0.4) is 0 Å². The van der Waals surface area contributed by atoms with Crippen molar-refractivity contribution in [2.75, 3.05) is 33.7 Å². The molecule has 3 nitrogen and oxygen atoms in total. The number of nitrogens with zero attached hydrogens (tertiary/aromatic N) is 2. The summed E-state index contributed by atoms with van der Waals surface area (Å²) in [4.78, 5) is 5.10. The quantitative estimate of drug-likeness (QED) is 0.544. The summed E-state index contributed by atoms with van der Waals surface area (Å²) in [5.41, 5.74) is 0. The predicted molar refractivity (Wildman–Crippen MR) is 103 cm³/mol. The molecule has 2 atom stereocenters. The van der Waals surface area contributed by atoms with Gasteiger partial charge in [-0.15, -0.1) is 0 Å². The minimum absolute atomic E-state index is 0.662. The Bertz CT molecular complexity index is 274. The number of rotatable bonds is 12. The molecular formula is C20H43N3. The third-order valence-corrected chi connectivity index (χ3v) is 5.75. The first-order valence-corrected chi connectivity index (χ1v) is 10.2. The van der Waals surface area contributed by atoms with Crippen LogP contribution in [0.1, 0.15) is 78.6 Å². The van der Waals surface area contributed by atoms with Gasteiger partial charge in [-0.2, -0.15) is 0 Å². The molecule has 3 heteroatoms. The monoisotopic (exact) mass is 325 g/mol. The summed E-state index contributed by atoms with van der Waals surface area (Å²) in [6.07, 6.45) is 12.2. The molecule has 1 aliphatic heterocycles. The Morgan fingerprint density at radius 2 is 1.70 bits per heavy atom. The summed E-state index contributed by atoms with van der Waals surface area (Å²) in [5.74, 6) is 0. The average molecular weight is 326 g/mol. The van der Waals surface area contributed by atoms with Gasteiger partial charge in [-0.1, -0.05) is 32.6 Å². The Morgan fingerprint density at radius 1 is 1.04 bits per heavy atom. The van der Waals surface area contributed by atoms with Crippen molar-refractivity contribution in [3.8, 4) is 0 Å². The van der Waals surface area contributed by atoms with Gasteiger partial charge >= 0.3 is 0 Å². The third-order valence-electron chi connectivity index (χ3n) is 5.75. The van der Waals surface area contributed by atoms with Crippen molar-refractivity contribution in [3.63, 3.8) is 0 Å². The molecule has 2 unspecified atom stereocenters. The number of nitrogens with one attached hydrogen (secondary N) is 1. The SMILES string of the molecule is CCCCCCCNC(C)CCC(C)N(C)C1CCN(C)CC1. The molecule has 1 aliphatic rings. The van der Waals surface area contributed by atoms with E-state index >= 15 is 0 Å². The zero-order valence-corrected chi connectivity index (χ0v) is 16.6. The highest BCUT2D eigenvalue weighted by atomic mass is 15.2. The number of likely N-dealkylation sites (tertiary alicyclic amines) is 1. The van der Waals surface area contributed by atoms with Crippen LogP contribution in [0.15, 0.2) is 0 Å². The van der Waals surface area contributed by atoms with Crippen LogP contribution in [0, 0.1) is 0 Å². The van der Waals surface area contributed by atoms with E-state index in [9.17, 15) is 0 Å². The molecule has 0 aromatic heterocycles. The minimum Gasteiger partial charge on any atom is -0.314 e. The van der Waals surface area contributed by atoms with Crippen LogP contribution in [0.2, 0.25) is 0 Å². The standard InChI is InChI=1S/C20H43N3/c1-6-7-8-9-10-15-21-18(2)11-12-19(3)23(5)20-13-16-22(4)17-14-20/h18-21H,6-17H2,1-5H3. The van der Waals surface area contributed by atoms with Crippen LogP contribution < -0.4 is 5.32 Å². The fourth-order valence-corrected chi connectivity index (χ4v) is 3.64. The third kappa shape index (κ3) is 9.07. The van der Waals surface area contributed by atoms with Gasteiger partial charge in [0.2, 0.25) is 0 Å². The van der Waals surface area contributed by atoms with Gasteiger partial charge in [-0.25, -0.2) is 0 Å². The van der Waals surface area contributed by atoms with Gasteiger partial charge in [-0.05, 0) is 79.7 Å². The summed E-state index contributed by atoms with van der Waals surface area (Å²) in [6.45, 7) is 10.8. The van der Waals surface area contributed by atoms with Crippen LogP contribution in [0.5, 0.6) is 0 Å². The zero-order valence-electron chi connectivity index (χ0n) is 16.6. The van der Waals surface area contributed by atoms with E-state index in [0.29, 0.717) is 12.1 Å². The van der Waals surface area contributed by atoms with Crippen molar-refractivity contribution in [3.05, 3.63) is 0 Å². The molecule has 0 aromatic rings. The number of hydrogen-bond donors (Lipinski definition) is 1. The van der Waals surface area contributed by atoms with Crippen molar-refractivity contribution in [2.45, 2.75) is 96.7 Å². The van der Waals surface area contributed by atoms with Crippen LogP contribution in [-0.2, 0) is 0 Å². The topological polar surface area (TPSA) is 18.5 Å². The average Bonchev–Trinajstić information content (AvgIpc) is 2.55. The van der Waals surface area contributed by atoms with Gasteiger partial charge in [-0.3, -0.25) is 0 Å². The fraction of sp³-hybridized carbons (Fsp3) is 1.00. The van der Waals surface area contributed by atoms with Crippen LogP contribution >= 0.6 is 0 Å². The summed E-state index contributed by atoms with van der Waals surface area (Å²) in [5, 5.41) is 3.71. The number of hydrogen-bond acceptors (Lipinski definition) is 3. The second-order valence-corrected chi connectivity index (χ2v) is 7.90. The van der Waals surface area contributed by atoms with E-state index in [0.717, 1.165) is 6.04 Å². The Hall–Kier alpha value is -0.120. The summed E-state index contributed by atoms with van der Waals surface area (Å²) < 4.78 is 0. The molecule has 0 aromatic carbocycles. The maximum absolute atomic E-state index is 3.71. The van der Waals surface area contributed by atoms with Crippen molar-refractivity contribution < 1.29 is 0 Å². The summed E-state index contributed by atoms with van der Waals surface area (Å²) in [7, 11) is 4.59. The first-order chi connectivity index (χ1) is 11.0. The van der Waals surface area contributed by atoms with Gasteiger partial charge in [0, 0.05) is 18.1 Å². The van der Waals surface area contributed by atoms with Crippen LogP contribution in [0.25, 0.3) is 0 Å². The van der Waals surface area contributed by atoms with Gasteiger partial charge in [0.05, 0.1) is 0 Å². The van der Waals surface area contributed by atoms with Crippen LogP contribution in [0.4, 0.5) is 0 Å². The predicted octanol–water partition coefficient (Wildman–Crippen LogP) is 4.13. The molecule has 0 bridgehead atoms. The molecule has 1 rings (SSSR count). The van der Waals surface area contributed by atoms with Gasteiger partial charge in [0.1, 0.15) is 0 Å². The van der Waals surface area contributed by atoms with Gasteiger partial charge in [0.25, 0.3) is 0 Å². The first-order valence-electron chi connectivity index (χ1n) is 10.2. The minimum atomic E-state index is 0.662. The van der Waals surface area contributed by atoms with E-state index in [2.05, 4.69) is 50.0 Å². The lowest BCUT2D eigenvalue weighted by molar-refractivity contribution is 0.107. The zero-order chi connectivity index (χ0) is 17.1. The van der Waals surface area contributed by atoms with Gasteiger partial charge < -0.3 is 15.1 Å². The highest BCUT2D eigenvalue weighted by Gasteiger charge is 2.23. The Kier molecular flexibility index (Phi) is 11.2. The Labute approximate surface area is 146 Å². The molecule has 0 radical (unpaired) electrons. The van der Waals surface area contributed by atoms with Crippen molar-refractivity contribution in [1.29, 1.82) is 0 Å². The number of unbranched alkanes of at least 4 members (excludes halogenated alkanes) is 4. The van der Waals surface area contributed by atoms with Crippen LogP contribution in [-0.4, -0.2) is 61.7 Å². The maximum atomic E-state index is 3.71. The molecule has 0 spiro atoms. The largest absolute Gasteiger partial charge is 0.314 e. The second kappa shape index (κ2) is 12.3. The number of piperidine rings is 1. The lowest BCUT2D eigenvalue weighted by Gasteiger charge is -2.38. The molecule has 1 heterocycles. The first kappa shape index (κ1) is 20.9. The molecular weight excluding hydrogens is 282 g/mol. The second-order valence-electron chi connectivity index (χ2n) is 7.90. The van der Waals surface area contributed by atoms with E-state index in [-0.39, 0.29) is 0 Å². The molecule has 1 N–H and O–H groups in total. The molecule has 0 amide bonds. The molecule has 0 saturated carbocycles. The fourth-order valence-electron chi connectivity index (χ4n) is 3.64. The van der Waals surface area contributed by atoms with E-state index in [1.807, 2.05) is 0 Å². The highest BCUT2D eigenvalue weighted by Crippen LogP contribution is 2.18. The normalized spacial score (nSPS) is 20.1. The van der Waals surface area contributed by atoms with E-state index in [4.69, 9.17) is 0 Å². The lowest BCUT2D eigenvalue weighted by Crippen LogP contribution is -2.45. The summed E-state index contributed by atoms with van der Waals surface area (Å²) in [6, 6.07) is 2.16. The van der Waals surface area contributed by atoms with Crippen molar-refractivity contribution >= 4 is 0 Å². The Balaban J connectivity index is 2.08. The van der Waals surface area contributed by atoms with Gasteiger partial charge in [0.15, 0.2) is 0 Å². The van der Waals surface area contributed by atoms with E-state index in [1.165, 1.54) is 77.4 Å². The molecule has 1 saturated heterocycles. The van der Waals surface area contributed by atoms with Crippen molar-refractivity contribution in [2.24, 2.45) is 0 Å². The Morgan fingerprint density at radius 3 is 2.35 bits per heavy atom. The summed E-state index contributed by atoms with van der Waals surface area (Å²) >= 11 is 0. The van der Waals surface area contributed by atoms with E-state index < -0.39 is 0 Å². The smallest absolute Gasteiger partial charge is 0.0119 e.